The number of aryl methyl sites for hydroxylation is 1. The van der Waals surface area contributed by atoms with Gasteiger partial charge in [0, 0.05) is 11.3 Å². The molecular weight excluding hydrogens is 310 g/mol. The Labute approximate surface area is 118 Å². The fraction of sp³-hybridized carbons (Fsp3) is 0.154. The molecule has 1 aromatic heterocycles. The van der Waals surface area contributed by atoms with Crippen LogP contribution >= 0.6 is 15.9 Å². The largest absolute Gasteiger partial charge is 0.482 e. The minimum Gasteiger partial charge on any atom is -0.482 e. The molecule has 1 N–H and O–H groups in total. The number of hydrogen-bond donors (Lipinski definition) is 1. The van der Waals surface area contributed by atoms with Crippen LogP contribution in [0.4, 0.5) is 5.69 Å². The third-order valence-electron chi connectivity index (χ3n) is 2.74. The number of ether oxygens (including phenoxy) is 1. The van der Waals surface area contributed by atoms with E-state index >= 15 is 0 Å². The van der Waals surface area contributed by atoms with E-state index in [2.05, 4.69) is 31.2 Å². The van der Waals surface area contributed by atoms with Crippen molar-refractivity contribution in [2.75, 3.05) is 11.9 Å². The molecular formula is C13H10BrN3O2. The van der Waals surface area contributed by atoms with Crippen molar-refractivity contribution in [3.05, 3.63) is 34.7 Å². The molecule has 0 aliphatic carbocycles. The summed E-state index contributed by atoms with van der Waals surface area (Å²) in [6.07, 6.45) is 0. The lowest BCUT2D eigenvalue weighted by molar-refractivity contribution is -0.118. The predicted molar refractivity (Wildman–Crippen MR) is 74.0 cm³/mol. The van der Waals surface area contributed by atoms with E-state index in [0.29, 0.717) is 16.2 Å². The zero-order valence-corrected chi connectivity index (χ0v) is 11.7. The smallest absolute Gasteiger partial charge is 0.262 e. The van der Waals surface area contributed by atoms with Gasteiger partial charge in [-0.05, 0) is 47.1 Å². The normalized spacial score (nSPS) is 13.5. The Morgan fingerprint density at radius 2 is 2.16 bits per heavy atom. The predicted octanol–water partition coefficient (Wildman–Crippen LogP) is 2.55. The van der Waals surface area contributed by atoms with Gasteiger partial charge in [-0.15, -0.1) is 0 Å². The maximum Gasteiger partial charge on any atom is 0.262 e. The molecule has 6 heteroatoms. The number of carbonyl (C=O) groups is 1. The van der Waals surface area contributed by atoms with Crippen LogP contribution in [-0.2, 0) is 4.79 Å². The second-order valence-corrected chi connectivity index (χ2v) is 4.92. The maximum absolute atomic E-state index is 11.3. The fourth-order valence-corrected chi connectivity index (χ4v) is 2.39. The number of fused-ring (bicyclic) bond motifs is 1. The number of carbonyl (C=O) groups excluding carboxylic acids is 1. The summed E-state index contributed by atoms with van der Waals surface area (Å²) in [4.78, 5) is 19.8. The van der Waals surface area contributed by atoms with Gasteiger partial charge in [-0.2, -0.15) is 0 Å². The molecule has 0 bridgehead atoms. The third-order valence-corrected chi connectivity index (χ3v) is 3.09. The standard InChI is InChI=1S/C13H10BrN3O2/c1-7-4-9(17-13(14)15-7)8-2-3-11-10(5-8)16-12(18)6-19-11/h2-5H,6H2,1H3,(H,16,18). The molecule has 3 rings (SSSR count). The molecule has 96 valence electrons. The minimum atomic E-state index is -0.148. The summed E-state index contributed by atoms with van der Waals surface area (Å²) in [6.45, 7) is 1.96. The Morgan fingerprint density at radius 1 is 1.32 bits per heavy atom. The number of nitrogens with one attached hydrogen (secondary N) is 1. The number of nitrogens with zero attached hydrogens (tertiary/aromatic N) is 2. The SMILES string of the molecule is Cc1cc(-c2ccc3c(c2)NC(=O)CO3)nc(Br)n1. The lowest BCUT2D eigenvalue weighted by Crippen LogP contribution is -2.25. The van der Waals surface area contributed by atoms with Crippen molar-refractivity contribution >= 4 is 27.5 Å². The maximum atomic E-state index is 11.3. The molecule has 2 aromatic rings. The second-order valence-electron chi connectivity index (χ2n) is 4.21. The highest BCUT2D eigenvalue weighted by Gasteiger charge is 2.16. The number of anilines is 1. The quantitative estimate of drug-likeness (QED) is 0.820. The van der Waals surface area contributed by atoms with Gasteiger partial charge in [0.1, 0.15) is 5.75 Å². The molecule has 0 radical (unpaired) electrons. The van der Waals surface area contributed by atoms with Crippen LogP contribution in [0.15, 0.2) is 29.0 Å². The summed E-state index contributed by atoms with van der Waals surface area (Å²) in [6, 6.07) is 7.47. The Kier molecular flexibility index (Phi) is 2.94. The summed E-state index contributed by atoms with van der Waals surface area (Å²) >= 11 is 3.28. The van der Waals surface area contributed by atoms with E-state index in [1.807, 2.05) is 31.2 Å². The van der Waals surface area contributed by atoms with Gasteiger partial charge in [0.05, 0.1) is 11.4 Å². The summed E-state index contributed by atoms with van der Waals surface area (Å²) in [5, 5.41) is 2.78. The number of benzene rings is 1. The van der Waals surface area contributed by atoms with Crippen LogP contribution in [-0.4, -0.2) is 22.5 Å². The molecule has 1 aromatic carbocycles. The zero-order chi connectivity index (χ0) is 13.4. The van der Waals surface area contributed by atoms with Gasteiger partial charge in [-0.25, -0.2) is 9.97 Å². The van der Waals surface area contributed by atoms with Crippen molar-refractivity contribution < 1.29 is 9.53 Å². The highest BCUT2D eigenvalue weighted by molar-refractivity contribution is 9.10. The van der Waals surface area contributed by atoms with Crippen LogP contribution in [0.5, 0.6) is 5.75 Å². The van der Waals surface area contributed by atoms with Gasteiger partial charge in [-0.1, -0.05) is 0 Å². The first kappa shape index (κ1) is 12.1. The van der Waals surface area contributed by atoms with E-state index in [9.17, 15) is 4.79 Å². The van der Waals surface area contributed by atoms with Crippen LogP contribution in [0.25, 0.3) is 11.3 Å². The van der Waals surface area contributed by atoms with Crippen molar-refractivity contribution in [3.8, 4) is 17.0 Å². The number of aromatic nitrogens is 2. The number of hydrogen-bond acceptors (Lipinski definition) is 4. The van der Waals surface area contributed by atoms with Crippen LogP contribution < -0.4 is 10.1 Å². The summed E-state index contributed by atoms with van der Waals surface area (Å²) in [5.41, 5.74) is 3.23. The van der Waals surface area contributed by atoms with E-state index in [0.717, 1.165) is 17.0 Å². The van der Waals surface area contributed by atoms with Gasteiger partial charge >= 0.3 is 0 Å². The number of amides is 1. The number of rotatable bonds is 1. The lowest BCUT2D eigenvalue weighted by atomic mass is 10.1. The van der Waals surface area contributed by atoms with E-state index < -0.39 is 0 Å². The van der Waals surface area contributed by atoms with Gasteiger partial charge in [-0.3, -0.25) is 4.79 Å². The molecule has 0 fully saturated rings. The van der Waals surface area contributed by atoms with Crippen LogP contribution in [0, 0.1) is 6.92 Å². The molecule has 0 saturated carbocycles. The van der Waals surface area contributed by atoms with E-state index in [1.54, 1.807) is 0 Å². The molecule has 0 atom stereocenters. The average molecular weight is 320 g/mol. The van der Waals surface area contributed by atoms with Gasteiger partial charge in [0.2, 0.25) is 0 Å². The summed E-state index contributed by atoms with van der Waals surface area (Å²) in [7, 11) is 0. The highest BCUT2D eigenvalue weighted by atomic mass is 79.9. The molecule has 0 spiro atoms. The lowest BCUT2D eigenvalue weighted by Gasteiger charge is -2.18. The van der Waals surface area contributed by atoms with Crippen LogP contribution in [0.2, 0.25) is 0 Å². The van der Waals surface area contributed by atoms with E-state index in [-0.39, 0.29) is 12.5 Å². The Hall–Kier alpha value is -1.95. The molecule has 5 nitrogen and oxygen atoms in total. The Bertz CT molecular complexity index is 653. The van der Waals surface area contributed by atoms with Gasteiger partial charge in [0.15, 0.2) is 11.3 Å². The van der Waals surface area contributed by atoms with Crippen molar-refractivity contribution in [3.63, 3.8) is 0 Å². The average Bonchev–Trinajstić information content (AvgIpc) is 2.36. The van der Waals surface area contributed by atoms with E-state index in [4.69, 9.17) is 4.74 Å². The van der Waals surface area contributed by atoms with Gasteiger partial charge in [0.25, 0.3) is 5.91 Å². The van der Waals surface area contributed by atoms with Crippen LogP contribution in [0.1, 0.15) is 5.69 Å². The minimum absolute atomic E-state index is 0.0600. The molecule has 1 amide bonds. The Balaban J connectivity index is 2.06. The molecule has 0 saturated heterocycles. The molecule has 2 heterocycles. The first-order chi connectivity index (χ1) is 9.11. The Morgan fingerprint density at radius 3 is 2.95 bits per heavy atom. The van der Waals surface area contributed by atoms with Crippen molar-refractivity contribution in [2.24, 2.45) is 0 Å². The molecule has 0 unspecified atom stereocenters. The molecule has 1 aliphatic heterocycles. The van der Waals surface area contributed by atoms with Gasteiger partial charge < -0.3 is 10.1 Å². The zero-order valence-electron chi connectivity index (χ0n) is 10.1. The third kappa shape index (κ3) is 2.44. The van der Waals surface area contributed by atoms with Crippen molar-refractivity contribution in [2.45, 2.75) is 6.92 Å². The summed E-state index contributed by atoms with van der Waals surface area (Å²) in [5.74, 6) is 0.526. The number of halogens is 1. The topological polar surface area (TPSA) is 64.1 Å². The second kappa shape index (κ2) is 4.62. The van der Waals surface area contributed by atoms with E-state index in [1.165, 1.54) is 0 Å². The monoisotopic (exact) mass is 319 g/mol. The van der Waals surface area contributed by atoms with Crippen molar-refractivity contribution in [1.29, 1.82) is 0 Å². The fourth-order valence-electron chi connectivity index (χ4n) is 1.92. The van der Waals surface area contributed by atoms with Crippen molar-refractivity contribution in [1.82, 2.24) is 9.97 Å². The summed E-state index contributed by atoms with van der Waals surface area (Å²) < 4.78 is 5.86. The first-order valence-electron chi connectivity index (χ1n) is 5.70. The first-order valence-corrected chi connectivity index (χ1v) is 6.49. The van der Waals surface area contributed by atoms with Crippen LogP contribution in [0.3, 0.4) is 0 Å². The molecule has 19 heavy (non-hydrogen) atoms. The highest BCUT2D eigenvalue weighted by Crippen LogP contribution is 2.32. The molecule has 1 aliphatic rings.